The molecule has 1 aliphatic rings. The number of hydrogen-bond acceptors (Lipinski definition) is 1. The Bertz CT molecular complexity index is 376. The van der Waals surface area contributed by atoms with Crippen molar-refractivity contribution in [2.45, 2.75) is 19.8 Å². The number of fused-ring (bicyclic) bond motifs is 1. The van der Waals surface area contributed by atoms with E-state index in [9.17, 15) is 4.79 Å². The summed E-state index contributed by atoms with van der Waals surface area (Å²) in [5, 5.41) is 0. The van der Waals surface area contributed by atoms with E-state index in [4.69, 9.17) is 0 Å². The van der Waals surface area contributed by atoms with Crippen molar-refractivity contribution < 1.29 is 4.79 Å². The third-order valence-corrected chi connectivity index (χ3v) is 3.04. The molecule has 0 N–H and O–H groups in total. The Kier molecular flexibility index (Phi) is 2.59. The minimum atomic E-state index is 0.129. The van der Waals surface area contributed by atoms with Crippen molar-refractivity contribution >= 4 is 27.5 Å². The summed E-state index contributed by atoms with van der Waals surface area (Å²) in [6.07, 6.45) is 2.14. The minimum Gasteiger partial charge on any atom is -0.312 e. The molecule has 0 aromatic heterocycles. The summed E-state index contributed by atoms with van der Waals surface area (Å²) >= 11 is 3.43. The van der Waals surface area contributed by atoms with Gasteiger partial charge in [-0.25, -0.2) is 0 Å². The molecule has 0 fully saturated rings. The Balaban J connectivity index is 2.46. The maximum absolute atomic E-state index is 11.4. The van der Waals surface area contributed by atoms with Crippen LogP contribution in [0.2, 0.25) is 0 Å². The molecular formula is C11H12BrNO. The fraction of sp³-hybridized carbons (Fsp3) is 0.364. The fourth-order valence-corrected chi connectivity index (χ4v) is 2.22. The molecule has 0 bridgehead atoms. The van der Waals surface area contributed by atoms with Crippen molar-refractivity contribution in [3.05, 3.63) is 28.2 Å². The molecule has 1 heterocycles. The number of carbonyl (C=O) groups is 1. The van der Waals surface area contributed by atoms with Crippen molar-refractivity contribution in [3.63, 3.8) is 0 Å². The van der Waals surface area contributed by atoms with E-state index in [0.717, 1.165) is 29.5 Å². The van der Waals surface area contributed by atoms with Crippen LogP contribution in [0, 0.1) is 0 Å². The highest BCUT2D eigenvalue weighted by atomic mass is 79.9. The van der Waals surface area contributed by atoms with Crippen LogP contribution in [-0.2, 0) is 11.2 Å². The van der Waals surface area contributed by atoms with Crippen LogP contribution >= 0.6 is 15.9 Å². The molecule has 14 heavy (non-hydrogen) atoms. The summed E-state index contributed by atoms with van der Waals surface area (Å²) in [7, 11) is 0. The lowest BCUT2D eigenvalue weighted by atomic mass is 10.0. The summed E-state index contributed by atoms with van der Waals surface area (Å²) in [6, 6.07) is 6.15. The third kappa shape index (κ3) is 1.69. The molecule has 0 spiro atoms. The van der Waals surface area contributed by atoms with Crippen LogP contribution in [-0.4, -0.2) is 12.5 Å². The summed E-state index contributed by atoms with van der Waals surface area (Å²) < 4.78 is 1.03. The molecule has 2 rings (SSSR count). The summed E-state index contributed by atoms with van der Waals surface area (Å²) in [5.74, 6) is 0.129. The summed E-state index contributed by atoms with van der Waals surface area (Å²) in [5.41, 5.74) is 2.34. The Morgan fingerprint density at radius 2 is 2.29 bits per heavy atom. The molecule has 0 unspecified atom stereocenters. The van der Waals surface area contributed by atoms with Gasteiger partial charge in [-0.05, 0) is 30.5 Å². The maximum Gasteiger partial charge on any atom is 0.223 e. The first-order valence-corrected chi connectivity index (χ1v) is 5.54. The van der Waals surface area contributed by atoms with Gasteiger partial charge in [0.1, 0.15) is 0 Å². The number of nitrogens with zero attached hydrogens (tertiary/aromatic N) is 1. The second kappa shape index (κ2) is 3.73. The highest BCUT2D eigenvalue weighted by molar-refractivity contribution is 9.10. The van der Waals surface area contributed by atoms with Gasteiger partial charge in [0, 0.05) is 23.6 Å². The largest absolute Gasteiger partial charge is 0.312 e. The van der Waals surface area contributed by atoms with E-state index < -0.39 is 0 Å². The maximum atomic E-state index is 11.4. The van der Waals surface area contributed by atoms with E-state index in [-0.39, 0.29) is 5.91 Å². The average molecular weight is 254 g/mol. The second-order valence-electron chi connectivity index (χ2n) is 3.55. The van der Waals surface area contributed by atoms with Crippen molar-refractivity contribution in [3.8, 4) is 0 Å². The average Bonchev–Trinajstić information content (AvgIpc) is 2.16. The number of amides is 1. The number of benzene rings is 1. The van der Waals surface area contributed by atoms with Gasteiger partial charge in [-0.15, -0.1) is 0 Å². The van der Waals surface area contributed by atoms with Crippen molar-refractivity contribution in [2.24, 2.45) is 0 Å². The number of carbonyl (C=O) groups excluding carboxylic acids is 1. The van der Waals surface area contributed by atoms with Gasteiger partial charge in [0.05, 0.1) is 0 Å². The molecular weight excluding hydrogens is 242 g/mol. The predicted octanol–water partition coefficient (Wildman–Crippen LogP) is 2.75. The van der Waals surface area contributed by atoms with Crippen LogP contribution in [0.3, 0.4) is 0 Å². The quantitative estimate of drug-likeness (QED) is 0.697. The molecule has 0 saturated heterocycles. The summed E-state index contributed by atoms with van der Waals surface area (Å²) in [4.78, 5) is 13.2. The van der Waals surface area contributed by atoms with E-state index in [2.05, 4.69) is 22.0 Å². The normalized spacial score (nSPS) is 15.1. The predicted molar refractivity (Wildman–Crippen MR) is 60.5 cm³/mol. The minimum absolute atomic E-state index is 0.129. The van der Waals surface area contributed by atoms with Gasteiger partial charge in [-0.2, -0.15) is 0 Å². The zero-order valence-electron chi connectivity index (χ0n) is 8.09. The molecule has 1 aromatic carbocycles. The zero-order valence-corrected chi connectivity index (χ0v) is 9.67. The molecule has 1 aromatic rings. The second-order valence-corrected chi connectivity index (χ2v) is 4.46. The first kappa shape index (κ1) is 9.71. The Hall–Kier alpha value is -0.830. The Labute approximate surface area is 92.0 Å². The van der Waals surface area contributed by atoms with Crippen molar-refractivity contribution in [1.29, 1.82) is 0 Å². The monoisotopic (exact) mass is 253 g/mol. The highest BCUT2D eigenvalue weighted by Crippen LogP contribution is 2.29. The lowest BCUT2D eigenvalue weighted by Crippen LogP contribution is -2.33. The first-order chi connectivity index (χ1) is 6.68. The van der Waals surface area contributed by atoms with Crippen LogP contribution < -0.4 is 4.90 Å². The molecule has 0 saturated carbocycles. The van der Waals surface area contributed by atoms with Crippen LogP contribution in [0.15, 0.2) is 22.7 Å². The van der Waals surface area contributed by atoms with E-state index in [0.29, 0.717) is 0 Å². The fourth-order valence-electron chi connectivity index (χ4n) is 1.87. The van der Waals surface area contributed by atoms with Gasteiger partial charge in [-0.1, -0.05) is 22.0 Å². The lowest BCUT2D eigenvalue weighted by Gasteiger charge is -2.28. The van der Waals surface area contributed by atoms with Gasteiger partial charge < -0.3 is 4.90 Å². The Morgan fingerprint density at radius 1 is 1.50 bits per heavy atom. The molecule has 3 heteroatoms. The number of rotatable bonds is 0. The molecule has 0 atom stereocenters. The van der Waals surface area contributed by atoms with Gasteiger partial charge in [0.25, 0.3) is 0 Å². The van der Waals surface area contributed by atoms with Gasteiger partial charge >= 0.3 is 0 Å². The number of anilines is 1. The lowest BCUT2D eigenvalue weighted by molar-refractivity contribution is -0.116. The number of aryl methyl sites for hydroxylation is 1. The smallest absolute Gasteiger partial charge is 0.223 e. The summed E-state index contributed by atoms with van der Waals surface area (Å²) in [6.45, 7) is 2.47. The highest BCUT2D eigenvalue weighted by Gasteiger charge is 2.19. The third-order valence-electron chi connectivity index (χ3n) is 2.55. The standard InChI is InChI=1S/C11H12BrNO/c1-8(14)13-6-2-3-9-4-5-10(12)7-11(9)13/h4-5,7H,2-3,6H2,1H3. The Morgan fingerprint density at radius 3 is 3.00 bits per heavy atom. The molecule has 74 valence electrons. The van der Waals surface area contributed by atoms with Crippen molar-refractivity contribution in [1.82, 2.24) is 0 Å². The molecule has 0 aliphatic carbocycles. The van der Waals surface area contributed by atoms with Crippen LogP contribution in [0.4, 0.5) is 5.69 Å². The van der Waals surface area contributed by atoms with Crippen LogP contribution in [0.5, 0.6) is 0 Å². The topological polar surface area (TPSA) is 20.3 Å². The van der Waals surface area contributed by atoms with Gasteiger partial charge in [0.15, 0.2) is 0 Å². The molecule has 0 radical (unpaired) electrons. The number of hydrogen-bond donors (Lipinski definition) is 0. The zero-order chi connectivity index (χ0) is 10.1. The number of halogens is 1. The SMILES string of the molecule is CC(=O)N1CCCc2ccc(Br)cc21. The van der Waals surface area contributed by atoms with E-state index in [1.807, 2.05) is 17.0 Å². The first-order valence-electron chi connectivity index (χ1n) is 4.75. The van der Waals surface area contributed by atoms with Crippen LogP contribution in [0.1, 0.15) is 18.9 Å². The molecule has 2 nitrogen and oxygen atoms in total. The van der Waals surface area contributed by atoms with Crippen LogP contribution in [0.25, 0.3) is 0 Å². The van der Waals surface area contributed by atoms with E-state index in [1.165, 1.54) is 5.56 Å². The molecule has 1 amide bonds. The van der Waals surface area contributed by atoms with Gasteiger partial charge in [0.2, 0.25) is 5.91 Å². The van der Waals surface area contributed by atoms with Gasteiger partial charge in [-0.3, -0.25) is 4.79 Å². The van der Waals surface area contributed by atoms with E-state index in [1.54, 1.807) is 6.92 Å². The molecule has 1 aliphatic heterocycles. The van der Waals surface area contributed by atoms with E-state index >= 15 is 0 Å². The van der Waals surface area contributed by atoms with Crippen molar-refractivity contribution in [2.75, 3.05) is 11.4 Å².